The molecule has 164 valence electrons. The third kappa shape index (κ3) is 4.51. The van der Waals surface area contributed by atoms with Crippen molar-refractivity contribution in [3.05, 3.63) is 133 Å². The van der Waals surface area contributed by atoms with E-state index in [9.17, 15) is 10.0 Å². The smallest absolute Gasteiger partial charge is 0.423 e. The van der Waals surface area contributed by atoms with E-state index in [0.717, 1.165) is 0 Å². The van der Waals surface area contributed by atoms with Crippen LogP contribution in [-0.2, 0) is 0 Å². The summed E-state index contributed by atoms with van der Waals surface area (Å²) < 4.78 is 126. The Labute approximate surface area is 221 Å². The van der Waals surface area contributed by atoms with Crippen molar-refractivity contribution in [3.8, 4) is 22.3 Å². The fourth-order valence-corrected chi connectivity index (χ4v) is 3.41. The fraction of sp³-hybridized carbons (Fsp3) is 0. The summed E-state index contributed by atoms with van der Waals surface area (Å²) in [7, 11) is -1.87. The van der Waals surface area contributed by atoms with Crippen LogP contribution in [0.5, 0.6) is 0 Å². The van der Waals surface area contributed by atoms with Crippen LogP contribution in [-0.4, -0.2) is 17.2 Å². The molecule has 0 saturated carbocycles. The molecular weight excluding hydrogens is 417 g/mol. The van der Waals surface area contributed by atoms with Crippen LogP contribution < -0.4 is 10.4 Å². The normalized spacial score (nSPS) is 16.8. The Morgan fingerprint density at radius 3 is 1.71 bits per heavy atom. The minimum absolute atomic E-state index is 0.0117. The zero-order valence-corrected chi connectivity index (χ0v) is 17.5. The molecule has 0 atom stereocenters. The average Bonchev–Trinajstić information content (AvgIpc) is 3.08. The zero-order valence-electron chi connectivity index (χ0n) is 32.5. The van der Waals surface area contributed by atoms with Crippen LogP contribution in [0.1, 0.15) is 20.6 Å². The maximum absolute atomic E-state index is 9.70. The van der Waals surface area contributed by atoms with Gasteiger partial charge in [-0.25, -0.2) is 0 Å². The standard InChI is InChI=1S/C30H24BNO2/c33-31(34)26-17-19-28(20-18-26)32(27-14-8-3-9-15-27)30-21-16-25(23-10-4-1-5-11-23)22-29(30)24-12-6-2-7-13-24/h1-22,33-34H/i1D,2D,3D,4D,5D,6D,7D,8D,9D,10D,11D,12D,13D,14D,15D. The summed E-state index contributed by atoms with van der Waals surface area (Å²) in [4.78, 5) is 1.18. The first-order valence-electron chi connectivity index (χ1n) is 17.5. The van der Waals surface area contributed by atoms with Gasteiger partial charge >= 0.3 is 7.12 Å². The summed E-state index contributed by atoms with van der Waals surface area (Å²) in [6.07, 6.45) is 0. The molecule has 0 fully saturated rings. The van der Waals surface area contributed by atoms with Crippen molar-refractivity contribution in [2.24, 2.45) is 0 Å². The number of para-hydroxylation sites is 1. The van der Waals surface area contributed by atoms with Crippen LogP contribution >= 0.6 is 0 Å². The van der Waals surface area contributed by atoms with Gasteiger partial charge in [-0.15, -0.1) is 0 Å². The molecule has 5 aromatic rings. The monoisotopic (exact) mass is 456 g/mol. The minimum Gasteiger partial charge on any atom is -0.423 e. The largest absolute Gasteiger partial charge is 0.488 e. The van der Waals surface area contributed by atoms with Crippen molar-refractivity contribution in [2.75, 3.05) is 4.90 Å². The van der Waals surface area contributed by atoms with E-state index in [1.807, 2.05) is 0 Å². The summed E-state index contributed by atoms with van der Waals surface area (Å²) in [5.74, 6) is 0. The summed E-state index contributed by atoms with van der Waals surface area (Å²) in [5.41, 5.74) is -1.21. The minimum atomic E-state index is -1.87. The van der Waals surface area contributed by atoms with Crippen molar-refractivity contribution >= 4 is 29.6 Å². The molecule has 0 amide bonds. The Morgan fingerprint density at radius 1 is 0.559 bits per heavy atom. The average molecular weight is 456 g/mol. The van der Waals surface area contributed by atoms with Gasteiger partial charge in [0, 0.05) is 16.9 Å². The molecule has 5 aromatic carbocycles. The fourth-order valence-electron chi connectivity index (χ4n) is 3.41. The first-order chi connectivity index (χ1) is 22.9. The number of hydrogen-bond acceptors (Lipinski definition) is 3. The summed E-state index contributed by atoms with van der Waals surface area (Å²) >= 11 is 0. The molecule has 4 heteroatoms. The van der Waals surface area contributed by atoms with Crippen LogP contribution in [0, 0.1) is 0 Å². The first-order valence-corrected chi connectivity index (χ1v) is 10.0. The molecule has 0 bridgehead atoms. The van der Waals surface area contributed by atoms with E-state index in [1.165, 1.54) is 47.4 Å². The second-order valence-corrected chi connectivity index (χ2v) is 7.01. The molecule has 0 spiro atoms. The molecule has 0 aromatic heterocycles. The number of anilines is 3. The highest BCUT2D eigenvalue weighted by molar-refractivity contribution is 6.58. The molecule has 0 radical (unpaired) electrons. The van der Waals surface area contributed by atoms with E-state index >= 15 is 0 Å². The van der Waals surface area contributed by atoms with Crippen molar-refractivity contribution in [3.63, 3.8) is 0 Å². The Morgan fingerprint density at radius 2 is 1.12 bits per heavy atom. The molecule has 0 aliphatic carbocycles. The van der Waals surface area contributed by atoms with E-state index in [2.05, 4.69) is 0 Å². The lowest BCUT2D eigenvalue weighted by atomic mass is 9.80. The van der Waals surface area contributed by atoms with Crippen molar-refractivity contribution < 1.29 is 30.6 Å². The summed E-state index contributed by atoms with van der Waals surface area (Å²) in [5, 5.41) is 19.4. The highest BCUT2D eigenvalue weighted by atomic mass is 16.4. The molecular formula is C30H24BNO2. The lowest BCUT2D eigenvalue weighted by Gasteiger charge is -2.28. The maximum atomic E-state index is 9.70. The van der Waals surface area contributed by atoms with E-state index in [0.29, 0.717) is 0 Å². The lowest BCUT2D eigenvalue weighted by Crippen LogP contribution is -2.29. The molecule has 0 saturated heterocycles. The molecule has 2 N–H and O–H groups in total. The second-order valence-electron chi connectivity index (χ2n) is 7.01. The Hall–Kier alpha value is -4.12. The third-order valence-electron chi connectivity index (χ3n) is 4.96. The molecule has 3 nitrogen and oxygen atoms in total. The Bertz CT molecular complexity index is 2090. The number of benzene rings is 5. The number of rotatable bonds is 6. The van der Waals surface area contributed by atoms with Gasteiger partial charge in [0.1, 0.15) is 0 Å². The molecule has 34 heavy (non-hydrogen) atoms. The van der Waals surface area contributed by atoms with Gasteiger partial charge in [0.25, 0.3) is 0 Å². The van der Waals surface area contributed by atoms with Gasteiger partial charge in [-0.2, -0.15) is 0 Å². The first kappa shape index (κ1) is 10.4. The molecule has 0 aliphatic heterocycles. The SMILES string of the molecule is [2H]c1c([2H])c([2H])c(-c2ccc(N(c3ccc(B(O)O)cc3)c3c([2H])c([2H])c([2H])c([2H])c3[2H])c(-c3c([2H])c([2H])c([2H])c([2H])c3[2H])c2)c([2H])c1[2H]. The quantitative estimate of drug-likeness (QED) is 0.300. The van der Waals surface area contributed by atoms with Gasteiger partial charge in [0.15, 0.2) is 0 Å². The third-order valence-corrected chi connectivity index (χ3v) is 4.96. The van der Waals surface area contributed by atoms with Gasteiger partial charge in [0.05, 0.1) is 26.2 Å². The zero-order chi connectivity index (χ0) is 36.4. The van der Waals surface area contributed by atoms with Gasteiger partial charge in [-0.3, -0.25) is 0 Å². The second kappa shape index (κ2) is 9.80. The molecule has 0 heterocycles. The summed E-state index contributed by atoms with van der Waals surface area (Å²) in [6, 6.07) is -0.838. The van der Waals surface area contributed by atoms with Gasteiger partial charge in [-0.1, -0.05) is 96.8 Å². The topological polar surface area (TPSA) is 43.7 Å². The predicted molar refractivity (Wildman–Crippen MR) is 142 cm³/mol. The summed E-state index contributed by atoms with van der Waals surface area (Å²) in [6.45, 7) is 0. The van der Waals surface area contributed by atoms with Gasteiger partial charge < -0.3 is 14.9 Å². The Kier molecular flexibility index (Phi) is 3.01. The van der Waals surface area contributed by atoms with Crippen molar-refractivity contribution in [2.45, 2.75) is 0 Å². The van der Waals surface area contributed by atoms with E-state index in [-0.39, 0.29) is 33.5 Å². The van der Waals surface area contributed by atoms with Crippen LogP contribution in [0.25, 0.3) is 22.3 Å². The van der Waals surface area contributed by atoms with Crippen LogP contribution in [0.4, 0.5) is 17.1 Å². The van der Waals surface area contributed by atoms with E-state index in [4.69, 9.17) is 20.6 Å². The number of hydrogen-bond donors (Lipinski definition) is 2. The van der Waals surface area contributed by atoms with Gasteiger partial charge in [0.2, 0.25) is 0 Å². The maximum Gasteiger partial charge on any atom is 0.488 e. The molecule has 0 aliphatic rings. The van der Waals surface area contributed by atoms with Crippen LogP contribution in [0.3, 0.4) is 0 Å². The predicted octanol–water partition coefficient (Wildman–Crippen LogP) is 6.17. The van der Waals surface area contributed by atoms with E-state index < -0.39 is 109 Å². The lowest BCUT2D eigenvalue weighted by molar-refractivity contribution is 0.426. The highest BCUT2D eigenvalue weighted by Crippen LogP contribution is 2.42. The molecule has 0 unspecified atom stereocenters. The Balaban J connectivity index is 1.99. The molecule has 5 rings (SSSR count). The highest BCUT2D eigenvalue weighted by Gasteiger charge is 2.19. The van der Waals surface area contributed by atoms with Gasteiger partial charge in [-0.05, 0) is 58.5 Å². The van der Waals surface area contributed by atoms with Crippen molar-refractivity contribution in [1.82, 2.24) is 0 Å². The van der Waals surface area contributed by atoms with Crippen LogP contribution in [0.15, 0.2) is 133 Å². The van der Waals surface area contributed by atoms with Crippen molar-refractivity contribution in [1.29, 1.82) is 0 Å². The van der Waals surface area contributed by atoms with Crippen LogP contribution in [0.2, 0.25) is 0 Å². The number of nitrogens with zero attached hydrogens (tertiary/aromatic N) is 1. The van der Waals surface area contributed by atoms with E-state index in [1.54, 1.807) is 0 Å².